The fourth-order valence-electron chi connectivity index (χ4n) is 2.10. The molecule has 0 bridgehead atoms. The van der Waals surface area contributed by atoms with E-state index in [2.05, 4.69) is 15.6 Å². The zero-order valence-electron chi connectivity index (χ0n) is 11.8. The Morgan fingerprint density at radius 2 is 2.24 bits per heavy atom. The quantitative estimate of drug-likeness (QED) is 0.764. The lowest BCUT2D eigenvalue weighted by atomic mass is 10.1. The summed E-state index contributed by atoms with van der Waals surface area (Å²) in [7, 11) is -1.67. The number of aromatic nitrogens is 1. The van der Waals surface area contributed by atoms with E-state index in [1.165, 1.54) is 0 Å². The summed E-state index contributed by atoms with van der Waals surface area (Å²) >= 11 is 0. The van der Waals surface area contributed by atoms with Crippen LogP contribution in [0.25, 0.3) is 10.9 Å². The summed E-state index contributed by atoms with van der Waals surface area (Å²) in [4.78, 5) is 3.16. The number of aromatic amines is 1. The highest BCUT2D eigenvalue weighted by Crippen LogP contribution is 2.23. The Labute approximate surface area is 124 Å². The van der Waals surface area contributed by atoms with Crippen LogP contribution in [0.4, 0.5) is 0 Å². The van der Waals surface area contributed by atoms with E-state index >= 15 is 0 Å². The average Bonchev–Trinajstić information content (AvgIpc) is 2.87. The Bertz CT molecular complexity index is 757. The van der Waals surface area contributed by atoms with Crippen LogP contribution in [0.5, 0.6) is 5.75 Å². The highest BCUT2D eigenvalue weighted by atomic mass is 32.2. The molecule has 2 rings (SSSR count). The molecule has 0 aliphatic carbocycles. The van der Waals surface area contributed by atoms with Crippen molar-refractivity contribution < 1.29 is 13.2 Å². The molecule has 2 N–H and O–H groups in total. The van der Waals surface area contributed by atoms with Crippen molar-refractivity contribution >= 4 is 20.9 Å². The summed E-state index contributed by atoms with van der Waals surface area (Å²) in [6.07, 6.45) is 7.78. The lowest BCUT2D eigenvalue weighted by Gasteiger charge is -2.05. The number of terminal acetylenes is 1. The fourth-order valence-corrected chi connectivity index (χ4v) is 3.04. The maximum atomic E-state index is 11.6. The second kappa shape index (κ2) is 6.66. The third-order valence-corrected chi connectivity index (χ3v) is 4.59. The summed E-state index contributed by atoms with van der Waals surface area (Å²) in [5.74, 6) is 3.07. The van der Waals surface area contributed by atoms with Crippen LogP contribution in [0, 0.1) is 12.3 Å². The predicted octanol–water partition coefficient (Wildman–Crippen LogP) is 1.66. The van der Waals surface area contributed by atoms with Crippen molar-refractivity contribution in [1.29, 1.82) is 0 Å². The SMILES string of the molecule is C#CCCS(=O)(=O)NCCc1c[nH]c2ccc(OC)cc12. The molecule has 112 valence electrons. The molecule has 1 aromatic heterocycles. The number of rotatable bonds is 7. The van der Waals surface area contributed by atoms with E-state index in [4.69, 9.17) is 11.2 Å². The zero-order chi connectivity index (χ0) is 15.3. The molecule has 21 heavy (non-hydrogen) atoms. The summed E-state index contributed by atoms with van der Waals surface area (Å²) in [5.41, 5.74) is 2.05. The molecule has 1 aromatic carbocycles. The van der Waals surface area contributed by atoms with E-state index < -0.39 is 10.0 Å². The third kappa shape index (κ3) is 4.00. The van der Waals surface area contributed by atoms with Crippen molar-refractivity contribution in [2.24, 2.45) is 0 Å². The molecule has 6 heteroatoms. The third-order valence-electron chi connectivity index (χ3n) is 3.21. The summed E-state index contributed by atoms with van der Waals surface area (Å²) < 4.78 is 31.1. The highest BCUT2D eigenvalue weighted by Gasteiger charge is 2.10. The number of hydrogen-bond donors (Lipinski definition) is 2. The van der Waals surface area contributed by atoms with Crippen LogP contribution in [0.2, 0.25) is 0 Å². The van der Waals surface area contributed by atoms with Gasteiger partial charge in [0, 0.05) is 30.1 Å². The van der Waals surface area contributed by atoms with Crippen LogP contribution in [-0.4, -0.2) is 32.8 Å². The van der Waals surface area contributed by atoms with Crippen molar-refractivity contribution in [3.8, 4) is 18.1 Å². The predicted molar refractivity (Wildman–Crippen MR) is 83.8 cm³/mol. The standard InChI is InChI=1S/C15H18N2O3S/c1-3-4-9-21(18,19)17-8-7-12-11-16-15-6-5-13(20-2)10-14(12)15/h1,5-6,10-11,16-17H,4,7-9H2,2H3. The number of hydrogen-bond acceptors (Lipinski definition) is 3. The van der Waals surface area contributed by atoms with Crippen LogP contribution in [0.3, 0.4) is 0 Å². The van der Waals surface area contributed by atoms with Gasteiger partial charge in [0.15, 0.2) is 0 Å². The monoisotopic (exact) mass is 306 g/mol. The minimum absolute atomic E-state index is 0.0365. The molecule has 1 heterocycles. The molecule has 0 aliphatic heterocycles. The number of ether oxygens (including phenoxy) is 1. The number of methoxy groups -OCH3 is 1. The molecule has 0 amide bonds. The van der Waals surface area contributed by atoms with Gasteiger partial charge in [0.25, 0.3) is 0 Å². The van der Waals surface area contributed by atoms with E-state index in [1.54, 1.807) is 7.11 Å². The van der Waals surface area contributed by atoms with Crippen LogP contribution in [0.15, 0.2) is 24.4 Å². The Hall–Kier alpha value is -1.97. The molecule has 0 saturated carbocycles. The molecular formula is C15H18N2O3S. The molecule has 2 aromatic rings. The first-order chi connectivity index (χ1) is 10.1. The van der Waals surface area contributed by atoms with Crippen molar-refractivity contribution in [3.05, 3.63) is 30.0 Å². The second-order valence-corrected chi connectivity index (χ2v) is 6.57. The summed E-state index contributed by atoms with van der Waals surface area (Å²) in [5, 5.41) is 1.04. The van der Waals surface area contributed by atoms with E-state index in [9.17, 15) is 8.42 Å². The van der Waals surface area contributed by atoms with Gasteiger partial charge in [-0.1, -0.05) is 0 Å². The number of benzene rings is 1. The Kier molecular flexibility index (Phi) is 4.89. The molecule has 0 spiro atoms. The maximum Gasteiger partial charge on any atom is 0.212 e. The van der Waals surface area contributed by atoms with Gasteiger partial charge in [0.1, 0.15) is 5.75 Å². The van der Waals surface area contributed by atoms with Crippen molar-refractivity contribution in [1.82, 2.24) is 9.71 Å². The van der Waals surface area contributed by atoms with Gasteiger partial charge in [-0.2, -0.15) is 0 Å². The number of H-pyrrole nitrogens is 1. The van der Waals surface area contributed by atoms with Crippen molar-refractivity contribution in [2.45, 2.75) is 12.8 Å². The van der Waals surface area contributed by atoms with Crippen LogP contribution >= 0.6 is 0 Å². The molecule has 0 radical (unpaired) electrons. The van der Waals surface area contributed by atoms with Gasteiger partial charge in [-0.25, -0.2) is 13.1 Å². The van der Waals surface area contributed by atoms with Crippen molar-refractivity contribution in [3.63, 3.8) is 0 Å². The lowest BCUT2D eigenvalue weighted by Crippen LogP contribution is -2.28. The van der Waals surface area contributed by atoms with Crippen LogP contribution in [-0.2, 0) is 16.4 Å². The fraction of sp³-hybridized carbons (Fsp3) is 0.333. The van der Waals surface area contributed by atoms with Gasteiger partial charge in [-0.05, 0) is 30.2 Å². The Morgan fingerprint density at radius 1 is 1.43 bits per heavy atom. The van der Waals surface area contributed by atoms with Gasteiger partial charge >= 0.3 is 0 Å². The van der Waals surface area contributed by atoms with E-state index in [0.717, 1.165) is 22.2 Å². The molecule has 0 fully saturated rings. The lowest BCUT2D eigenvalue weighted by molar-refractivity contribution is 0.415. The van der Waals surface area contributed by atoms with Crippen molar-refractivity contribution in [2.75, 3.05) is 19.4 Å². The molecule has 5 nitrogen and oxygen atoms in total. The first kappa shape index (κ1) is 15.4. The molecule has 0 atom stereocenters. The smallest absolute Gasteiger partial charge is 0.212 e. The van der Waals surface area contributed by atoms with E-state index in [0.29, 0.717) is 13.0 Å². The van der Waals surface area contributed by atoms with Crippen LogP contribution < -0.4 is 9.46 Å². The zero-order valence-corrected chi connectivity index (χ0v) is 12.7. The number of sulfonamides is 1. The molecule has 0 unspecified atom stereocenters. The minimum atomic E-state index is -3.29. The Balaban J connectivity index is 2.02. The number of nitrogens with one attached hydrogen (secondary N) is 2. The average molecular weight is 306 g/mol. The first-order valence-corrected chi connectivity index (χ1v) is 8.26. The van der Waals surface area contributed by atoms with Crippen LogP contribution in [0.1, 0.15) is 12.0 Å². The highest BCUT2D eigenvalue weighted by molar-refractivity contribution is 7.89. The Morgan fingerprint density at radius 3 is 2.95 bits per heavy atom. The molecular weight excluding hydrogens is 288 g/mol. The molecule has 0 saturated heterocycles. The maximum absolute atomic E-state index is 11.6. The van der Waals surface area contributed by atoms with E-state index in [-0.39, 0.29) is 12.2 Å². The van der Waals surface area contributed by atoms with Gasteiger partial charge in [0.05, 0.1) is 12.9 Å². The largest absolute Gasteiger partial charge is 0.497 e. The van der Waals surface area contributed by atoms with Gasteiger partial charge in [-0.3, -0.25) is 0 Å². The summed E-state index contributed by atoms with van der Waals surface area (Å²) in [6, 6.07) is 5.76. The van der Waals surface area contributed by atoms with Gasteiger partial charge < -0.3 is 9.72 Å². The normalized spacial score (nSPS) is 11.4. The van der Waals surface area contributed by atoms with Gasteiger partial charge in [0.2, 0.25) is 10.0 Å². The second-order valence-electron chi connectivity index (χ2n) is 4.64. The van der Waals surface area contributed by atoms with Gasteiger partial charge in [-0.15, -0.1) is 12.3 Å². The number of fused-ring (bicyclic) bond motifs is 1. The minimum Gasteiger partial charge on any atom is -0.497 e. The van der Waals surface area contributed by atoms with E-state index in [1.807, 2.05) is 24.4 Å². The molecule has 0 aliphatic rings. The summed E-state index contributed by atoms with van der Waals surface area (Å²) in [6.45, 7) is 0.344. The first-order valence-electron chi connectivity index (χ1n) is 6.60. The topological polar surface area (TPSA) is 71.2 Å².